The van der Waals surface area contributed by atoms with Crippen molar-refractivity contribution < 1.29 is 4.39 Å². The highest BCUT2D eigenvalue weighted by Crippen LogP contribution is 2.31. The Bertz CT molecular complexity index is 640. The molecule has 2 rings (SSSR count). The average molecular weight is 287 g/mol. The number of fused-ring (bicyclic) bond motifs is 1. The fourth-order valence-electron chi connectivity index (χ4n) is 2.20. The Kier molecular flexibility index (Phi) is 3.52. The lowest BCUT2D eigenvalue weighted by Gasteiger charge is -2.29. The number of aromatic nitrogens is 2. The van der Waals surface area contributed by atoms with Crippen LogP contribution in [0.25, 0.3) is 11.0 Å². The number of hydrogen-bond acceptors (Lipinski definition) is 1. The van der Waals surface area contributed by atoms with E-state index in [4.69, 9.17) is 23.8 Å². The number of halogens is 2. The molecule has 0 bridgehead atoms. The first kappa shape index (κ1) is 13.6. The minimum absolute atomic E-state index is 0.0868. The van der Waals surface area contributed by atoms with Gasteiger partial charge in [-0.3, -0.25) is 0 Å². The smallest absolute Gasteiger partial charge is 0.178 e. The van der Waals surface area contributed by atoms with E-state index in [9.17, 15) is 4.39 Å². The lowest BCUT2D eigenvalue weighted by atomic mass is 9.95. The highest BCUT2D eigenvalue weighted by molar-refractivity contribution is 7.71. The Morgan fingerprint density at radius 2 is 2.00 bits per heavy atom. The molecule has 2 nitrogen and oxygen atoms in total. The quantitative estimate of drug-likeness (QED) is 0.785. The van der Waals surface area contributed by atoms with Gasteiger partial charge in [-0.05, 0) is 38.0 Å². The third-order valence-corrected chi connectivity index (χ3v) is 4.36. The second-order valence-electron chi connectivity index (χ2n) is 4.75. The fourth-order valence-corrected chi connectivity index (χ4v) is 2.79. The van der Waals surface area contributed by atoms with Crippen LogP contribution in [0.5, 0.6) is 0 Å². The molecule has 5 heteroatoms. The lowest BCUT2D eigenvalue weighted by molar-refractivity contribution is 0.299. The van der Waals surface area contributed by atoms with E-state index in [0.717, 1.165) is 18.4 Å². The minimum atomic E-state index is -0.428. The summed E-state index contributed by atoms with van der Waals surface area (Å²) in [6.45, 7) is 6.39. The van der Waals surface area contributed by atoms with E-state index in [0.29, 0.717) is 10.3 Å². The van der Waals surface area contributed by atoms with Gasteiger partial charge in [0.25, 0.3) is 0 Å². The van der Waals surface area contributed by atoms with Gasteiger partial charge in [0.15, 0.2) is 4.77 Å². The Balaban J connectivity index is 2.83. The maximum atomic E-state index is 13.5. The second-order valence-corrected chi connectivity index (χ2v) is 5.55. The molecule has 1 heterocycles. The molecule has 1 aromatic heterocycles. The van der Waals surface area contributed by atoms with Crippen LogP contribution in [0.2, 0.25) is 5.02 Å². The summed E-state index contributed by atoms with van der Waals surface area (Å²) in [5, 5.41) is 0.125. The maximum Gasteiger partial charge on any atom is 0.178 e. The Morgan fingerprint density at radius 1 is 1.39 bits per heavy atom. The first-order valence-corrected chi connectivity index (χ1v) is 6.82. The third-order valence-electron chi connectivity index (χ3n) is 3.79. The average Bonchev–Trinajstić information content (AvgIpc) is 2.65. The van der Waals surface area contributed by atoms with E-state index in [1.165, 1.54) is 6.07 Å². The highest BCUT2D eigenvalue weighted by Gasteiger charge is 2.25. The molecule has 0 aliphatic carbocycles. The summed E-state index contributed by atoms with van der Waals surface area (Å²) in [7, 11) is 0. The number of nitrogens with zero attached hydrogens (tertiary/aromatic N) is 1. The van der Waals surface area contributed by atoms with Gasteiger partial charge < -0.3 is 9.55 Å². The Morgan fingerprint density at radius 3 is 2.56 bits per heavy atom. The molecular formula is C13H16ClFN2S. The van der Waals surface area contributed by atoms with E-state index in [1.54, 1.807) is 6.07 Å². The number of benzene rings is 1. The van der Waals surface area contributed by atoms with Gasteiger partial charge in [0.2, 0.25) is 0 Å². The summed E-state index contributed by atoms with van der Waals surface area (Å²) in [5.74, 6) is -0.428. The largest absolute Gasteiger partial charge is 0.330 e. The SMILES string of the molecule is CCC(C)(CC)n1c(=S)[nH]c2cc(F)c(Cl)cc21. The van der Waals surface area contributed by atoms with Gasteiger partial charge in [-0.1, -0.05) is 25.4 Å². The molecule has 98 valence electrons. The van der Waals surface area contributed by atoms with Crippen molar-refractivity contribution in [3.8, 4) is 0 Å². The maximum absolute atomic E-state index is 13.5. The van der Waals surface area contributed by atoms with Crippen molar-refractivity contribution in [2.24, 2.45) is 0 Å². The molecule has 0 spiro atoms. The zero-order valence-corrected chi connectivity index (χ0v) is 12.3. The predicted octanol–water partition coefficient (Wildman–Crippen LogP) is 5.03. The minimum Gasteiger partial charge on any atom is -0.330 e. The van der Waals surface area contributed by atoms with Crippen molar-refractivity contribution in [1.29, 1.82) is 0 Å². The van der Waals surface area contributed by atoms with E-state index in [-0.39, 0.29) is 10.6 Å². The molecule has 0 amide bonds. The zero-order valence-electron chi connectivity index (χ0n) is 10.7. The Labute approximate surface area is 116 Å². The number of H-pyrrole nitrogens is 1. The second kappa shape index (κ2) is 4.67. The number of hydrogen-bond donors (Lipinski definition) is 1. The predicted molar refractivity (Wildman–Crippen MR) is 76.3 cm³/mol. The van der Waals surface area contributed by atoms with Crippen LogP contribution >= 0.6 is 23.8 Å². The summed E-state index contributed by atoms with van der Waals surface area (Å²) in [5.41, 5.74) is 1.46. The van der Waals surface area contributed by atoms with Crippen molar-refractivity contribution in [3.05, 3.63) is 27.7 Å². The van der Waals surface area contributed by atoms with Crippen molar-refractivity contribution in [2.75, 3.05) is 0 Å². The third kappa shape index (κ3) is 1.97. The van der Waals surface area contributed by atoms with Gasteiger partial charge in [-0.2, -0.15) is 0 Å². The zero-order chi connectivity index (χ0) is 13.5. The molecule has 0 atom stereocenters. The number of rotatable bonds is 3. The molecule has 0 aliphatic rings. The summed E-state index contributed by atoms with van der Waals surface area (Å²) >= 11 is 11.2. The van der Waals surface area contributed by atoms with Crippen LogP contribution in [0.15, 0.2) is 12.1 Å². The molecule has 0 aliphatic heterocycles. The van der Waals surface area contributed by atoms with Crippen molar-refractivity contribution in [1.82, 2.24) is 9.55 Å². The molecule has 0 radical (unpaired) electrons. The van der Waals surface area contributed by atoms with Crippen LogP contribution in [0.3, 0.4) is 0 Å². The van der Waals surface area contributed by atoms with Gasteiger partial charge in [0, 0.05) is 11.6 Å². The van der Waals surface area contributed by atoms with Crippen LogP contribution in [0, 0.1) is 10.6 Å². The molecule has 2 aromatic rings. The van der Waals surface area contributed by atoms with Crippen LogP contribution in [0.4, 0.5) is 4.39 Å². The molecule has 0 saturated heterocycles. The van der Waals surface area contributed by atoms with Gasteiger partial charge in [0.1, 0.15) is 5.82 Å². The highest BCUT2D eigenvalue weighted by atomic mass is 35.5. The van der Waals surface area contributed by atoms with Gasteiger partial charge >= 0.3 is 0 Å². The van der Waals surface area contributed by atoms with Crippen molar-refractivity contribution >= 4 is 34.9 Å². The molecule has 0 unspecified atom stereocenters. The molecule has 1 aromatic carbocycles. The normalized spacial score (nSPS) is 12.3. The van der Waals surface area contributed by atoms with Gasteiger partial charge in [0.05, 0.1) is 16.1 Å². The van der Waals surface area contributed by atoms with E-state index in [2.05, 4.69) is 25.8 Å². The van der Waals surface area contributed by atoms with Crippen LogP contribution < -0.4 is 0 Å². The summed E-state index contributed by atoms with van der Waals surface area (Å²) in [6, 6.07) is 3.04. The molecule has 18 heavy (non-hydrogen) atoms. The summed E-state index contributed by atoms with van der Waals surface area (Å²) in [6.07, 6.45) is 1.89. The number of aromatic amines is 1. The van der Waals surface area contributed by atoms with E-state index >= 15 is 0 Å². The standard InChI is InChI=1S/C13H16ClFN2S/c1-4-13(3,5-2)17-11-6-8(14)9(15)7-10(11)16-12(17)18/h6-7H,4-5H2,1-3H3,(H,16,18). The molecular weight excluding hydrogens is 271 g/mol. The first-order valence-electron chi connectivity index (χ1n) is 6.03. The summed E-state index contributed by atoms with van der Waals surface area (Å²) < 4.78 is 16.1. The van der Waals surface area contributed by atoms with Crippen molar-refractivity contribution in [2.45, 2.75) is 39.2 Å². The summed E-state index contributed by atoms with van der Waals surface area (Å²) in [4.78, 5) is 3.05. The van der Waals surface area contributed by atoms with Crippen LogP contribution in [0.1, 0.15) is 33.6 Å². The lowest BCUT2D eigenvalue weighted by Crippen LogP contribution is -2.28. The van der Waals surface area contributed by atoms with E-state index in [1.807, 2.05) is 4.57 Å². The van der Waals surface area contributed by atoms with Gasteiger partial charge in [-0.15, -0.1) is 0 Å². The topological polar surface area (TPSA) is 20.7 Å². The van der Waals surface area contributed by atoms with Crippen LogP contribution in [-0.4, -0.2) is 9.55 Å². The fraction of sp³-hybridized carbons (Fsp3) is 0.462. The molecule has 1 N–H and O–H groups in total. The number of nitrogens with one attached hydrogen (secondary N) is 1. The Hall–Kier alpha value is -0.870. The molecule has 0 saturated carbocycles. The van der Waals surface area contributed by atoms with E-state index < -0.39 is 5.82 Å². The molecule has 0 fully saturated rings. The number of imidazole rings is 1. The monoisotopic (exact) mass is 286 g/mol. The van der Waals surface area contributed by atoms with Gasteiger partial charge in [-0.25, -0.2) is 4.39 Å². The first-order chi connectivity index (χ1) is 8.42. The van der Waals surface area contributed by atoms with Crippen molar-refractivity contribution in [3.63, 3.8) is 0 Å². The van der Waals surface area contributed by atoms with Crippen LogP contribution in [-0.2, 0) is 5.54 Å².